The Labute approximate surface area is 129 Å². The predicted octanol–water partition coefficient (Wildman–Crippen LogP) is 4.85. The lowest BCUT2D eigenvalue weighted by molar-refractivity contribution is 0.0653. The zero-order valence-electron chi connectivity index (χ0n) is 11.1. The van der Waals surface area contributed by atoms with Gasteiger partial charge in [0.15, 0.2) is 0 Å². The third-order valence-electron chi connectivity index (χ3n) is 2.40. The number of rotatable bonds is 6. The van der Waals surface area contributed by atoms with Crippen molar-refractivity contribution < 1.29 is 19.8 Å². The summed E-state index contributed by atoms with van der Waals surface area (Å²) in [6, 6.07) is 0. The summed E-state index contributed by atoms with van der Waals surface area (Å²) in [6.45, 7) is 0. The third-order valence-corrected chi connectivity index (χ3v) is 2.40. The SMILES string of the molecule is [N-]=[N+]=Nc1c(N=[N+]=[N-])c(N=[N+]=[N-])c(C(=O)O)c(C(=O)O)c1N=[N+]=[N-]. The smallest absolute Gasteiger partial charge is 0.337 e. The van der Waals surface area contributed by atoms with Crippen LogP contribution >= 0.6 is 0 Å². The molecule has 0 aromatic heterocycles. The maximum atomic E-state index is 11.4. The van der Waals surface area contributed by atoms with Gasteiger partial charge in [0.1, 0.15) is 0 Å². The molecule has 0 amide bonds. The van der Waals surface area contributed by atoms with E-state index in [-0.39, 0.29) is 0 Å². The first-order chi connectivity index (χ1) is 11.4. The van der Waals surface area contributed by atoms with Crippen molar-refractivity contribution in [2.45, 2.75) is 0 Å². The predicted molar refractivity (Wildman–Crippen MR) is 75.6 cm³/mol. The van der Waals surface area contributed by atoms with Gasteiger partial charge in [0.25, 0.3) is 0 Å². The Balaban J connectivity index is 4.47. The molecule has 0 unspecified atom stereocenters. The minimum Gasteiger partial charge on any atom is -0.478 e. The zero-order chi connectivity index (χ0) is 18.3. The molecule has 0 saturated heterocycles. The van der Waals surface area contributed by atoms with Crippen LogP contribution in [0.2, 0.25) is 0 Å². The van der Waals surface area contributed by atoms with E-state index in [0.717, 1.165) is 0 Å². The first-order valence-electron chi connectivity index (χ1n) is 5.35. The molecular weight excluding hydrogens is 328 g/mol. The van der Waals surface area contributed by atoms with Crippen LogP contribution in [0.1, 0.15) is 20.7 Å². The number of carboxylic acid groups (broad SMARTS) is 2. The van der Waals surface area contributed by atoms with Crippen molar-refractivity contribution in [2.24, 2.45) is 20.5 Å². The summed E-state index contributed by atoms with van der Waals surface area (Å²) in [4.78, 5) is 32.1. The second-order valence-electron chi connectivity index (χ2n) is 3.51. The summed E-state index contributed by atoms with van der Waals surface area (Å²) in [7, 11) is 0. The second-order valence-corrected chi connectivity index (χ2v) is 3.51. The van der Waals surface area contributed by atoms with Crippen molar-refractivity contribution >= 4 is 34.7 Å². The summed E-state index contributed by atoms with van der Waals surface area (Å²) in [5.41, 5.74) is 28.5. The third kappa shape index (κ3) is 3.01. The summed E-state index contributed by atoms with van der Waals surface area (Å²) < 4.78 is 0. The first-order valence-corrected chi connectivity index (χ1v) is 5.35. The quantitative estimate of drug-likeness (QED) is 0.419. The fourth-order valence-corrected chi connectivity index (χ4v) is 1.68. The van der Waals surface area contributed by atoms with Crippen LogP contribution in [0.25, 0.3) is 41.8 Å². The Kier molecular flexibility index (Phi) is 5.40. The van der Waals surface area contributed by atoms with E-state index in [0.29, 0.717) is 0 Å². The molecular formula is C8H2N12O4. The monoisotopic (exact) mass is 330 g/mol. The highest BCUT2D eigenvalue weighted by atomic mass is 16.4. The van der Waals surface area contributed by atoms with Crippen LogP contribution in [0, 0.1) is 0 Å². The van der Waals surface area contributed by atoms with Crippen LogP contribution in [0.5, 0.6) is 0 Å². The lowest BCUT2D eigenvalue weighted by Crippen LogP contribution is -2.09. The molecule has 16 heteroatoms. The highest BCUT2D eigenvalue weighted by Crippen LogP contribution is 2.50. The molecule has 0 spiro atoms. The van der Waals surface area contributed by atoms with Gasteiger partial charge in [-0.15, -0.1) is 0 Å². The van der Waals surface area contributed by atoms with Gasteiger partial charge in [0, 0.05) is 19.6 Å². The lowest BCUT2D eigenvalue weighted by Gasteiger charge is -2.14. The molecule has 0 fully saturated rings. The zero-order valence-corrected chi connectivity index (χ0v) is 11.1. The van der Waals surface area contributed by atoms with Gasteiger partial charge in [-0.3, -0.25) is 0 Å². The molecule has 0 aliphatic carbocycles. The van der Waals surface area contributed by atoms with E-state index in [1.165, 1.54) is 0 Å². The second kappa shape index (κ2) is 7.42. The fraction of sp³-hybridized carbons (Fsp3) is 0. The summed E-state index contributed by atoms with van der Waals surface area (Å²) >= 11 is 0. The number of carbonyl (C=O) groups is 2. The van der Waals surface area contributed by atoms with Crippen LogP contribution in [-0.2, 0) is 0 Å². The van der Waals surface area contributed by atoms with E-state index in [9.17, 15) is 19.8 Å². The van der Waals surface area contributed by atoms with Crippen LogP contribution in [0.4, 0.5) is 22.7 Å². The van der Waals surface area contributed by atoms with E-state index < -0.39 is 45.8 Å². The largest absolute Gasteiger partial charge is 0.478 e. The molecule has 0 aliphatic heterocycles. The Bertz CT molecular complexity index is 759. The Morgan fingerprint density at radius 2 is 0.875 bits per heavy atom. The van der Waals surface area contributed by atoms with Crippen molar-refractivity contribution in [3.63, 3.8) is 0 Å². The standard InChI is InChI=1S/C8H2N12O4/c9-17-13-3-1(7(21)22)2(8(23)24)4(14-18-10)6(16-20-12)5(3)15-19-11/h(H,21,22)(H,23,24). The number of benzene rings is 1. The highest BCUT2D eigenvalue weighted by Gasteiger charge is 2.29. The van der Waals surface area contributed by atoms with Gasteiger partial charge in [-0.2, -0.15) is 0 Å². The van der Waals surface area contributed by atoms with Crippen molar-refractivity contribution in [3.8, 4) is 0 Å². The normalized spacial score (nSPS) is 8.67. The van der Waals surface area contributed by atoms with Crippen molar-refractivity contribution in [1.82, 2.24) is 0 Å². The van der Waals surface area contributed by atoms with Gasteiger partial charge < -0.3 is 10.2 Å². The molecule has 24 heavy (non-hydrogen) atoms. The molecule has 0 bridgehead atoms. The summed E-state index contributed by atoms with van der Waals surface area (Å²) in [5, 5.41) is 30.5. The molecule has 0 atom stereocenters. The first kappa shape index (κ1) is 17.5. The number of nitrogens with zero attached hydrogens (tertiary/aromatic N) is 12. The molecule has 0 radical (unpaired) electrons. The molecule has 118 valence electrons. The van der Waals surface area contributed by atoms with E-state index in [4.69, 9.17) is 22.1 Å². The van der Waals surface area contributed by atoms with Gasteiger partial charge in [-0.25, -0.2) is 9.59 Å². The van der Waals surface area contributed by atoms with Crippen molar-refractivity contribution in [2.75, 3.05) is 0 Å². The Morgan fingerprint density at radius 1 is 0.625 bits per heavy atom. The average Bonchev–Trinajstić information content (AvgIpc) is 2.51. The minimum atomic E-state index is -1.88. The molecule has 1 aromatic carbocycles. The van der Waals surface area contributed by atoms with Crippen LogP contribution in [-0.4, -0.2) is 22.2 Å². The van der Waals surface area contributed by atoms with E-state index in [1.807, 2.05) is 0 Å². The molecule has 1 aromatic rings. The molecule has 2 N–H and O–H groups in total. The van der Waals surface area contributed by atoms with E-state index in [2.05, 4.69) is 40.1 Å². The Hall–Kier alpha value is -4.60. The Morgan fingerprint density at radius 3 is 1.08 bits per heavy atom. The van der Waals surface area contributed by atoms with Crippen LogP contribution < -0.4 is 0 Å². The summed E-state index contributed by atoms with van der Waals surface area (Å²) in [5.74, 6) is -3.77. The van der Waals surface area contributed by atoms with Gasteiger partial charge >= 0.3 is 11.9 Å². The average molecular weight is 330 g/mol. The van der Waals surface area contributed by atoms with Gasteiger partial charge in [0.05, 0.1) is 33.9 Å². The lowest BCUT2D eigenvalue weighted by atomic mass is 10.00. The molecule has 0 saturated carbocycles. The highest BCUT2D eigenvalue weighted by molar-refractivity contribution is 6.13. The topological polar surface area (TPSA) is 270 Å². The number of hydrogen-bond acceptors (Lipinski definition) is 6. The van der Waals surface area contributed by atoms with Crippen LogP contribution in [0.15, 0.2) is 20.5 Å². The van der Waals surface area contributed by atoms with E-state index >= 15 is 0 Å². The number of carboxylic acids is 2. The van der Waals surface area contributed by atoms with E-state index in [1.54, 1.807) is 0 Å². The van der Waals surface area contributed by atoms with Gasteiger partial charge in [-0.05, 0) is 22.1 Å². The number of aromatic carboxylic acids is 2. The van der Waals surface area contributed by atoms with Crippen molar-refractivity contribution in [1.29, 1.82) is 0 Å². The molecule has 16 nitrogen and oxygen atoms in total. The summed E-state index contributed by atoms with van der Waals surface area (Å²) in [6.07, 6.45) is 0. The maximum absolute atomic E-state index is 11.4. The fourth-order valence-electron chi connectivity index (χ4n) is 1.68. The maximum Gasteiger partial charge on any atom is 0.337 e. The van der Waals surface area contributed by atoms with Gasteiger partial charge in [0.2, 0.25) is 0 Å². The van der Waals surface area contributed by atoms with Crippen LogP contribution in [0.3, 0.4) is 0 Å². The van der Waals surface area contributed by atoms with Gasteiger partial charge in [-0.1, -0.05) is 20.5 Å². The minimum absolute atomic E-state index is 0.807. The van der Waals surface area contributed by atoms with Crippen molar-refractivity contribution in [3.05, 3.63) is 52.9 Å². The molecule has 0 heterocycles. The number of hydrogen-bond donors (Lipinski definition) is 2. The molecule has 0 aliphatic rings. The molecule has 1 rings (SSSR count). The number of azide groups is 4.